The largest absolute Gasteiger partial charge is 0.507 e. The van der Waals surface area contributed by atoms with E-state index in [0.717, 1.165) is 0 Å². The van der Waals surface area contributed by atoms with E-state index in [0.29, 0.717) is 17.9 Å². The van der Waals surface area contributed by atoms with E-state index in [2.05, 4.69) is 0 Å². The molecule has 1 unspecified atom stereocenters. The number of likely N-dealkylation sites (tertiary alicyclic amines) is 1. The van der Waals surface area contributed by atoms with Crippen molar-refractivity contribution in [2.45, 2.75) is 13.0 Å². The molecule has 1 saturated heterocycles. The van der Waals surface area contributed by atoms with Crippen LogP contribution in [0, 0.1) is 10.1 Å². The minimum absolute atomic E-state index is 0.0551. The fraction of sp³-hybridized carbons (Fsp3) is 0.304. The van der Waals surface area contributed by atoms with Crippen LogP contribution in [0.5, 0.6) is 5.75 Å². The van der Waals surface area contributed by atoms with Crippen molar-refractivity contribution in [3.63, 3.8) is 0 Å². The third-order valence-corrected chi connectivity index (χ3v) is 5.11. The molecule has 2 aromatic carbocycles. The molecule has 10 nitrogen and oxygen atoms in total. The number of aliphatic hydroxyl groups is 2. The van der Waals surface area contributed by atoms with Gasteiger partial charge >= 0.3 is 0 Å². The van der Waals surface area contributed by atoms with E-state index < -0.39 is 28.4 Å². The predicted molar refractivity (Wildman–Crippen MR) is 118 cm³/mol. The third kappa shape index (κ3) is 5.18. The molecule has 2 aromatic rings. The molecule has 1 aliphatic rings. The quantitative estimate of drug-likeness (QED) is 0.139. The zero-order valence-electron chi connectivity index (χ0n) is 18.0. The zero-order chi connectivity index (χ0) is 24.0. The first kappa shape index (κ1) is 23.9. The van der Waals surface area contributed by atoms with Gasteiger partial charge in [0, 0.05) is 24.2 Å². The Morgan fingerprint density at radius 1 is 1.09 bits per heavy atom. The van der Waals surface area contributed by atoms with Gasteiger partial charge in [0.15, 0.2) is 0 Å². The lowest BCUT2D eigenvalue weighted by Gasteiger charge is -2.25. The number of nitro benzene ring substituents is 1. The van der Waals surface area contributed by atoms with Crippen LogP contribution in [0.4, 0.5) is 5.69 Å². The highest BCUT2D eigenvalue weighted by molar-refractivity contribution is 6.46. The molecule has 1 atom stereocenters. The van der Waals surface area contributed by atoms with Crippen LogP contribution in [-0.4, -0.2) is 64.7 Å². The van der Waals surface area contributed by atoms with Crippen LogP contribution in [0.1, 0.15) is 24.1 Å². The standard InChI is InChI=1S/C23H24N2O8/c1-2-33-18-9-5-15(6-10-18)20-19(21(27)16-3-7-17(8-4-16)25(30)31)22(28)23(29)24(20)11-13-32-14-12-26/h3-10,20,26-27H,2,11-14H2,1H3. The average molecular weight is 456 g/mol. The molecule has 1 amide bonds. The average Bonchev–Trinajstić information content (AvgIpc) is 3.07. The number of carbonyl (C=O) groups is 2. The monoisotopic (exact) mass is 456 g/mol. The maximum absolute atomic E-state index is 12.9. The van der Waals surface area contributed by atoms with E-state index >= 15 is 0 Å². The van der Waals surface area contributed by atoms with Crippen molar-refractivity contribution in [3.8, 4) is 5.75 Å². The van der Waals surface area contributed by atoms with Gasteiger partial charge in [-0.2, -0.15) is 0 Å². The number of nitrogens with zero attached hydrogens (tertiary/aromatic N) is 2. The summed E-state index contributed by atoms with van der Waals surface area (Å²) in [5.74, 6) is -1.49. The smallest absolute Gasteiger partial charge is 0.295 e. The van der Waals surface area contributed by atoms with E-state index in [-0.39, 0.29) is 43.2 Å². The van der Waals surface area contributed by atoms with Crippen LogP contribution < -0.4 is 4.74 Å². The number of Topliss-reactive ketones (excluding diaryl/α,β-unsaturated/α-hetero) is 1. The Morgan fingerprint density at radius 3 is 2.33 bits per heavy atom. The van der Waals surface area contributed by atoms with Gasteiger partial charge in [-0.05, 0) is 36.8 Å². The Balaban J connectivity index is 2.04. The lowest BCUT2D eigenvalue weighted by molar-refractivity contribution is -0.384. The number of aliphatic hydroxyl groups excluding tert-OH is 2. The van der Waals surface area contributed by atoms with Crippen molar-refractivity contribution in [1.82, 2.24) is 4.90 Å². The summed E-state index contributed by atoms with van der Waals surface area (Å²) in [6.45, 7) is 2.36. The van der Waals surface area contributed by atoms with Gasteiger partial charge in [-0.3, -0.25) is 19.7 Å². The number of benzene rings is 2. The van der Waals surface area contributed by atoms with Crippen molar-refractivity contribution in [2.75, 3.05) is 33.0 Å². The van der Waals surface area contributed by atoms with Crippen molar-refractivity contribution in [2.24, 2.45) is 0 Å². The second-order valence-electron chi connectivity index (χ2n) is 7.13. The molecule has 1 fully saturated rings. The number of ketones is 1. The number of rotatable bonds is 10. The van der Waals surface area contributed by atoms with Gasteiger partial charge < -0.3 is 24.6 Å². The summed E-state index contributed by atoms with van der Waals surface area (Å²) in [5, 5.41) is 30.8. The maximum Gasteiger partial charge on any atom is 0.295 e. The van der Waals surface area contributed by atoms with E-state index in [1.165, 1.54) is 29.2 Å². The SMILES string of the molecule is CCOc1ccc(C2C(=C(O)c3ccc([N+](=O)[O-])cc3)C(=O)C(=O)N2CCOCCO)cc1. The van der Waals surface area contributed by atoms with E-state index in [9.17, 15) is 24.8 Å². The number of hydrogen-bond acceptors (Lipinski definition) is 8. The normalized spacial score (nSPS) is 17.4. The zero-order valence-corrected chi connectivity index (χ0v) is 18.0. The molecule has 0 spiro atoms. The summed E-state index contributed by atoms with van der Waals surface area (Å²) < 4.78 is 10.7. The number of hydrogen-bond donors (Lipinski definition) is 2. The molecule has 10 heteroatoms. The van der Waals surface area contributed by atoms with Gasteiger partial charge in [-0.1, -0.05) is 12.1 Å². The highest BCUT2D eigenvalue weighted by Gasteiger charge is 2.45. The van der Waals surface area contributed by atoms with Gasteiger partial charge in [0.1, 0.15) is 11.5 Å². The fourth-order valence-corrected chi connectivity index (χ4v) is 3.60. The van der Waals surface area contributed by atoms with E-state index in [4.69, 9.17) is 14.6 Å². The summed E-state index contributed by atoms with van der Waals surface area (Å²) in [4.78, 5) is 37.4. The van der Waals surface area contributed by atoms with Crippen LogP contribution in [0.15, 0.2) is 54.1 Å². The second kappa shape index (κ2) is 10.7. The topological polar surface area (TPSA) is 139 Å². The molecule has 0 saturated carbocycles. The van der Waals surface area contributed by atoms with Crippen LogP contribution in [0.2, 0.25) is 0 Å². The maximum atomic E-state index is 12.9. The first-order chi connectivity index (χ1) is 15.9. The lowest BCUT2D eigenvalue weighted by Crippen LogP contribution is -2.33. The molecule has 174 valence electrons. The molecule has 0 radical (unpaired) electrons. The summed E-state index contributed by atoms with van der Waals surface area (Å²) in [6.07, 6.45) is 0. The number of amides is 1. The Morgan fingerprint density at radius 2 is 1.76 bits per heavy atom. The molecular formula is C23H24N2O8. The Hall–Kier alpha value is -3.76. The molecule has 2 N–H and O–H groups in total. The van der Waals surface area contributed by atoms with E-state index in [1.54, 1.807) is 24.3 Å². The van der Waals surface area contributed by atoms with Crippen LogP contribution >= 0.6 is 0 Å². The Labute approximate surface area is 189 Å². The highest BCUT2D eigenvalue weighted by atomic mass is 16.6. The summed E-state index contributed by atoms with van der Waals surface area (Å²) >= 11 is 0. The molecule has 1 heterocycles. The number of carbonyl (C=O) groups excluding carboxylic acids is 2. The summed E-state index contributed by atoms with van der Waals surface area (Å²) in [6, 6.07) is 11.0. The molecule has 33 heavy (non-hydrogen) atoms. The minimum Gasteiger partial charge on any atom is -0.507 e. The van der Waals surface area contributed by atoms with Crippen molar-refractivity contribution in [1.29, 1.82) is 0 Å². The van der Waals surface area contributed by atoms with Crippen molar-refractivity contribution < 1.29 is 34.2 Å². The van der Waals surface area contributed by atoms with Crippen LogP contribution in [0.3, 0.4) is 0 Å². The molecule has 1 aliphatic heterocycles. The van der Waals surface area contributed by atoms with Gasteiger partial charge in [0.2, 0.25) is 0 Å². The van der Waals surface area contributed by atoms with Crippen LogP contribution in [-0.2, 0) is 14.3 Å². The number of nitro groups is 1. The molecular weight excluding hydrogens is 432 g/mol. The minimum atomic E-state index is -0.895. The molecule has 0 aliphatic carbocycles. The summed E-state index contributed by atoms with van der Waals surface area (Å²) in [5.41, 5.74) is 0.450. The first-order valence-electron chi connectivity index (χ1n) is 10.3. The van der Waals surface area contributed by atoms with Crippen molar-refractivity contribution >= 4 is 23.1 Å². The van der Waals surface area contributed by atoms with Crippen LogP contribution in [0.25, 0.3) is 5.76 Å². The molecule has 3 rings (SSSR count). The number of non-ortho nitro benzene ring substituents is 1. The third-order valence-electron chi connectivity index (χ3n) is 5.11. The number of ether oxygens (including phenoxy) is 2. The second-order valence-corrected chi connectivity index (χ2v) is 7.13. The Bertz CT molecular complexity index is 1050. The summed E-state index contributed by atoms with van der Waals surface area (Å²) in [7, 11) is 0. The Kier molecular flexibility index (Phi) is 7.75. The first-order valence-corrected chi connectivity index (χ1v) is 10.3. The fourth-order valence-electron chi connectivity index (χ4n) is 3.60. The molecule has 0 bridgehead atoms. The molecule has 0 aromatic heterocycles. The van der Waals surface area contributed by atoms with Gasteiger partial charge in [-0.15, -0.1) is 0 Å². The van der Waals surface area contributed by atoms with Gasteiger partial charge in [0.25, 0.3) is 17.4 Å². The lowest BCUT2D eigenvalue weighted by atomic mass is 9.95. The van der Waals surface area contributed by atoms with Gasteiger partial charge in [0.05, 0.1) is 43.0 Å². The highest BCUT2D eigenvalue weighted by Crippen LogP contribution is 2.39. The van der Waals surface area contributed by atoms with Gasteiger partial charge in [-0.25, -0.2) is 0 Å². The predicted octanol–water partition coefficient (Wildman–Crippen LogP) is 2.42. The van der Waals surface area contributed by atoms with E-state index in [1.807, 2.05) is 6.92 Å². The van der Waals surface area contributed by atoms with Crippen molar-refractivity contribution in [3.05, 3.63) is 75.3 Å².